The van der Waals surface area contributed by atoms with Crippen molar-refractivity contribution in [1.82, 2.24) is 4.90 Å². The zero-order valence-corrected chi connectivity index (χ0v) is 4.89. The van der Waals surface area contributed by atoms with Crippen molar-refractivity contribution >= 4 is 5.91 Å². The summed E-state index contributed by atoms with van der Waals surface area (Å²) < 4.78 is 11.2. The summed E-state index contributed by atoms with van der Waals surface area (Å²) in [4.78, 5) is 11.6. The summed E-state index contributed by atoms with van der Waals surface area (Å²) >= 11 is 0. The molecule has 0 aromatic rings. The second kappa shape index (κ2) is 3.18. The third kappa shape index (κ3) is 2.34. The molecule has 0 bridgehead atoms. The normalized spacial score (nSPS) is 9.88. The van der Waals surface area contributed by atoms with Crippen molar-refractivity contribution < 1.29 is 9.18 Å². The molecule has 0 rings (SSSR count). The number of likely N-dealkylation sites (N-methyl/N-ethyl adjacent to an activating group) is 1. The van der Waals surface area contributed by atoms with Gasteiger partial charge in [-0.1, -0.05) is 0 Å². The molecule has 8 heavy (non-hydrogen) atoms. The van der Waals surface area contributed by atoms with Crippen molar-refractivity contribution in [1.29, 1.82) is 0 Å². The lowest BCUT2D eigenvalue weighted by Gasteiger charge is -2.03. The van der Waals surface area contributed by atoms with Crippen LogP contribution in [0.5, 0.6) is 0 Å². The molecular weight excluding hydrogens is 109 g/mol. The summed E-state index contributed by atoms with van der Waals surface area (Å²) in [5.74, 6) is -0.340. The maximum Gasteiger partial charge on any atom is 0.248 e. The first kappa shape index (κ1) is 7.14. The fourth-order valence-corrected chi connectivity index (χ4v) is 0.203. The molecule has 0 atom stereocenters. The third-order valence-corrected chi connectivity index (χ3v) is 0.646. The van der Waals surface area contributed by atoms with E-state index in [1.54, 1.807) is 14.1 Å². The van der Waals surface area contributed by atoms with E-state index >= 15 is 0 Å². The van der Waals surface area contributed by atoms with Crippen molar-refractivity contribution in [3.05, 3.63) is 12.4 Å². The van der Waals surface area contributed by atoms with Crippen LogP contribution in [0.2, 0.25) is 0 Å². The van der Waals surface area contributed by atoms with Crippen LogP contribution in [0.4, 0.5) is 4.39 Å². The molecular formula is C5H8FNO. The first-order valence-corrected chi connectivity index (χ1v) is 2.16. The summed E-state index contributed by atoms with van der Waals surface area (Å²) in [6.07, 6.45) is 1.09. The SMILES string of the molecule is CN(C)C(=O)/C=C/F. The molecule has 0 aliphatic carbocycles. The van der Waals surface area contributed by atoms with Crippen molar-refractivity contribution in [2.24, 2.45) is 0 Å². The Morgan fingerprint density at radius 1 is 1.62 bits per heavy atom. The van der Waals surface area contributed by atoms with Crippen LogP contribution in [0.25, 0.3) is 0 Å². The number of carbonyl (C=O) groups excluding carboxylic acids is 1. The Kier molecular flexibility index (Phi) is 2.84. The Labute approximate surface area is 47.6 Å². The zero-order chi connectivity index (χ0) is 6.57. The molecule has 1 amide bonds. The number of rotatable bonds is 1. The minimum atomic E-state index is -0.340. The summed E-state index contributed by atoms with van der Waals surface area (Å²) in [6.45, 7) is 0. The molecule has 0 heterocycles. The van der Waals surface area contributed by atoms with Crippen LogP contribution in [0, 0.1) is 0 Å². The number of amides is 1. The highest BCUT2D eigenvalue weighted by Gasteiger charge is 1.94. The molecule has 0 aliphatic heterocycles. The van der Waals surface area contributed by atoms with Gasteiger partial charge in [0.1, 0.15) is 0 Å². The predicted molar refractivity (Wildman–Crippen MR) is 28.9 cm³/mol. The lowest BCUT2D eigenvalue weighted by Crippen LogP contribution is -2.18. The maximum absolute atomic E-state index is 11.2. The summed E-state index contributed by atoms with van der Waals surface area (Å²) in [7, 11) is 3.12. The van der Waals surface area contributed by atoms with E-state index in [0.717, 1.165) is 6.08 Å². The lowest BCUT2D eigenvalue weighted by molar-refractivity contribution is -0.123. The van der Waals surface area contributed by atoms with Gasteiger partial charge in [-0.3, -0.25) is 4.79 Å². The van der Waals surface area contributed by atoms with Crippen LogP contribution >= 0.6 is 0 Å². The largest absolute Gasteiger partial charge is 0.345 e. The number of hydrogen-bond acceptors (Lipinski definition) is 1. The van der Waals surface area contributed by atoms with Crippen LogP contribution in [0.1, 0.15) is 0 Å². The molecule has 0 saturated heterocycles. The molecule has 3 heteroatoms. The number of nitrogens with zero attached hydrogens (tertiary/aromatic N) is 1. The minimum Gasteiger partial charge on any atom is -0.345 e. The number of halogens is 1. The lowest BCUT2D eigenvalue weighted by atomic mass is 10.5. The zero-order valence-electron chi connectivity index (χ0n) is 4.89. The van der Waals surface area contributed by atoms with E-state index in [0.29, 0.717) is 0 Å². The highest BCUT2D eigenvalue weighted by atomic mass is 19.1. The van der Waals surface area contributed by atoms with E-state index in [1.165, 1.54) is 4.90 Å². The molecule has 0 unspecified atom stereocenters. The Bertz CT molecular complexity index is 109. The van der Waals surface area contributed by atoms with Crippen LogP contribution in [-0.2, 0) is 4.79 Å². The average molecular weight is 117 g/mol. The summed E-state index contributed by atoms with van der Waals surface area (Å²) in [6, 6.07) is 0. The highest BCUT2D eigenvalue weighted by molar-refractivity contribution is 5.86. The third-order valence-electron chi connectivity index (χ3n) is 0.646. The molecule has 46 valence electrons. The van der Waals surface area contributed by atoms with Gasteiger partial charge in [0.2, 0.25) is 5.91 Å². The van der Waals surface area contributed by atoms with Crippen LogP contribution in [0.3, 0.4) is 0 Å². The fraction of sp³-hybridized carbons (Fsp3) is 0.400. The van der Waals surface area contributed by atoms with Gasteiger partial charge in [0, 0.05) is 20.2 Å². The van der Waals surface area contributed by atoms with Gasteiger partial charge in [-0.25, -0.2) is 4.39 Å². The van der Waals surface area contributed by atoms with Crippen molar-refractivity contribution in [3.63, 3.8) is 0 Å². The van der Waals surface area contributed by atoms with E-state index in [9.17, 15) is 9.18 Å². The van der Waals surface area contributed by atoms with E-state index in [-0.39, 0.29) is 12.2 Å². The fourth-order valence-electron chi connectivity index (χ4n) is 0.203. The Morgan fingerprint density at radius 3 is 2.25 bits per heavy atom. The van der Waals surface area contributed by atoms with E-state index < -0.39 is 0 Å². The maximum atomic E-state index is 11.2. The molecule has 0 aromatic heterocycles. The Hall–Kier alpha value is -0.860. The Balaban J connectivity index is 3.66. The van der Waals surface area contributed by atoms with Gasteiger partial charge in [-0.15, -0.1) is 0 Å². The molecule has 0 N–H and O–H groups in total. The highest BCUT2D eigenvalue weighted by Crippen LogP contribution is 1.80. The van der Waals surface area contributed by atoms with E-state index in [1.807, 2.05) is 0 Å². The minimum absolute atomic E-state index is 0.225. The topological polar surface area (TPSA) is 20.3 Å². The molecule has 0 fully saturated rings. The summed E-state index contributed by atoms with van der Waals surface area (Å²) in [5.41, 5.74) is 0. The van der Waals surface area contributed by atoms with Crippen molar-refractivity contribution in [3.8, 4) is 0 Å². The van der Waals surface area contributed by atoms with E-state index in [2.05, 4.69) is 0 Å². The van der Waals surface area contributed by atoms with Crippen LogP contribution in [-0.4, -0.2) is 24.9 Å². The van der Waals surface area contributed by atoms with E-state index in [4.69, 9.17) is 0 Å². The molecule has 0 radical (unpaired) electrons. The van der Waals surface area contributed by atoms with Gasteiger partial charge in [-0.05, 0) is 0 Å². The van der Waals surface area contributed by atoms with Gasteiger partial charge in [0.15, 0.2) is 0 Å². The van der Waals surface area contributed by atoms with Gasteiger partial charge >= 0.3 is 0 Å². The molecule has 0 aromatic carbocycles. The van der Waals surface area contributed by atoms with Crippen molar-refractivity contribution in [2.75, 3.05) is 14.1 Å². The predicted octanol–water partition coefficient (Wildman–Crippen LogP) is 0.558. The second-order valence-corrected chi connectivity index (χ2v) is 1.53. The Morgan fingerprint density at radius 2 is 2.12 bits per heavy atom. The van der Waals surface area contributed by atoms with Crippen LogP contribution in [0.15, 0.2) is 12.4 Å². The monoisotopic (exact) mass is 117 g/mol. The smallest absolute Gasteiger partial charge is 0.248 e. The average Bonchev–Trinajstić information content (AvgIpc) is 1.67. The first-order chi connectivity index (χ1) is 3.68. The van der Waals surface area contributed by atoms with Crippen LogP contribution < -0.4 is 0 Å². The number of hydrogen-bond donors (Lipinski definition) is 0. The standard InChI is InChI=1S/C5H8FNO/c1-7(2)5(8)3-4-6/h3-4H,1-2H3/b4-3+. The first-order valence-electron chi connectivity index (χ1n) is 2.16. The molecule has 0 spiro atoms. The number of carbonyl (C=O) groups is 1. The molecule has 0 saturated carbocycles. The molecule has 0 aliphatic rings. The van der Waals surface area contributed by atoms with Gasteiger partial charge < -0.3 is 4.90 Å². The van der Waals surface area contributed by atoms with Crippen molar-refractivity contribution in [2.45, 2.75) is 0 Å². The summed E-state index contributed by atoms with van der Waals surface area (Å²) in [5, 5.41) is 0. The van der Waals surface area contributed by atoms with Gasteiger partial charge in [0.25, 0.3) is 0 Å². The molecule has 2 nitrogen and oxygen atoms in total. The van der Waals surface area contributed by atoms with Gasteiger partial charge in [0.05, 0.1) is 6.33 Å². The van der Waals surface area contributed by atoms with Gasteiger partial charge in [-0.2, -0.15) is 0 Å². The quantitative estimate of drug-likeness (QED) is 0.459. The second-order valence-electron chi connectivity index (χ2n) is 1.53.